The normalized spacial score (nSPS) is 12.2. The lowest BCUT2D eigenvalue weighted by Gasteiger charge is -2.18. The number of hydrogen-bond acceptors (Lipinski definition) is 2. The maximum absolute atomic E-state index is 12.5. The van der Waals surface area contributed by atoms with Crippen LogP contribution in [0.5, 0.6) is 0 Å². The summed E-state index contributed by atoms with van der Waals surface area (Å²) < 4.78 is 48.6. The summed E-state index contributed by atoms with van der Waals surface area (Å²) in [5.41, 5.74) is 0. The molecule has 0 aliphatic carbocycles. The monoisotopic (exact) mass is 258 g/mol. The van der Waals surface area contributed by atoms with Crippen molar-refractivity contribution in [1.29, 1.82) is 0 Å². The molecule has 102 valence electrons. The Hall–Kier alpha value is -0.850. The lowest BCUT2D eigenvalue weighted by Crippen LogP contribution is -2.45. The molecule has 0 fully saturated rings. The molecular weight excluding hydrogens is 240 g/mol. The van der Waals surface area contributed by atoms with Gasteiger partial charge in [-0.05, 0) is 26.1 Å². The van der Waals surface area contributed by atoms with Crippen molar-refractivity contribution in [3.8, 4) is 0 Å². The van der Waals surface area contributed by atoms with E-state index in [1.165, 1.54) is 0 Å². The van der Waals surface area contributed by atoms with Crippen molar-refractivity contribution in [3.63, 3.8) is 0 Å². The molecule has 1 N–H and O–H groups in total. The van der Waals surface area contributed by atoms with Crippen molar-refractivity contribution in [2.24, 2.45) is 0 Å². The molecule has 0 saturated carbocycles. The molecule has 0 unspecified atom stereocenters. The van der Waals surface area contributed by atoms with Crippen molar-refractivity contribution in [3.05, 3.63) is 0 Å². The summed E-state index contributed by atoms with van der Waals surface area (Å²) in [5, 5.41) is 1.81. The van der Waals surface area contributed by atoms with Gasteiger partial charge in [0.15, 0.2) is 0 Å². The Labute approximate surface area is 98.2 Å². The number of amides is 1. The highest BCUT2D eigenvalue weighted by molar-refractivity contribution is 5.83. The second-order valence-electron chi connectivity index (χ2n) is 3.56. The molecule has 1 amide bonds. The summed E-state index contributed by atoms with van der Waals surface area (Å²) >= 11 is 0. The van der Waals surface area contributed by atoms with Crippen molar-refractivity contribution in [1.82, 2.24) is 10.2 Å². The van der Waals surface area contributed by atoms with Crippen LogP contribution in [-0.2, 0) is 4.79 Å². The van der Waals surface area contributed by atoms with Gasteiger partial charge in [0.05, 0.1) is 0 Å². The van der Waals surface area contributed by atoms with Gasteiger partial charge in [0.25, 0.3) is 5.91 Å². The third-order valence-electron chi connectivity index (χ3n) is 2.41. The molecule has 0 aliphatic rings. The standard InChI is InChI=1S/C10H18F4N2O/c1-3-16(4-2)7-5-6-15-9(17)10(13,14)8(11)12/h8H,3-7H2,1-2H3,(H,15,17). The summed E-state index contributed by atoms with van der Waals surface area (Å²) in [5.74, 6) is -6.51. The van der Waals surface area contributed by atoms with E-state index in [9.17, 15) is 22.4 Å². The van der Waals surface area contributed by atoms with Crippen molar-refractivity contribution in [2.45, 2.75) is 32.6 Å². The van der Waals surface area contributed by atoms with Crippen molar-refractivity contribution in [2.75, 3.05) is 26.2 Å². The van der Waals surface area contributed by atoms with Gasteiger partial charge in [-0.15, -0.1) is 0 Å². The van der Waals surface area contributed by atoms with Crippen LogP contribution < -0.4 is 5.32 Å². The highest BCUT2D eigenvalue weighted by Gasteiger charge is 2.48. The van der Waals surface area contributed by atoms with Gasteiger partial charge in [-0.1, -0.05) is 13.8 Å². The minimum Gasteiger partial charge on any atom is -0.351 e. The summed E-state index contributed by atoms with van der Waals surface area (Å²) in [7, 11) is 0. The molecule has 0 radical (unpaired) electrons. The first kappa shape index (κ1) is 16.1. The summed E-state index contributed by atoms with van der Waals surface area (Å²) in [6.07, 6.45) is -3.52. The van der Waals surface area contributed by atoms with Gasteiger partial charge in [-0.25, -0.2) is 8.78 Å². The summed E-state index contributed by atoms with van der Waals surface area (Å²) in [6.45, 7) is 6.14. The van der Waals surface area contributed by atoms with Gasteiger partial charge in [0.1, 0.15) is 0 Å². The molecule has 7 heteroatoms. The van der Waals surface area contributed by atoms with Crippen LogP contribution in [0.2, 0.25) is 0 Å². The largest absolute Gasteiger partial charge is 0.383 e. The van der Waals surface area contributed by atoms with E-state index >= 15 is 0 Å². The highest BCUT2D eigenvalue weighted by atomic mass is 19.3. The Morgan fingerprint density at radius 1 is 1.29 bits per heavy atom. The predicted molar refractivity (Wildman–Crippen MR) is 56.4 cm³/mol. The fraction of sp³-hybridized carbons (Fsp3) is 0.900. The molecule has 0 heterocycles. The molecule has 17 heavy (non-hydrogen) atoms. The zero-order chi connectivity index (χ0) is 13.5. The van der Waals surface area contributed by atoms with Gasteiger partial charge >= 0.3 is 12.3 Å². The number of nitrogens with one attached hydrogen (secondary N) is 1. The maximum atomic E-state index is 12.5. The lowest BCUT2D eigenvalue weighted by atomic mass is 10.3. The Bertz CT molecular complexity index is 232. The van der Waals surface area contributed by atoms with Crippen LogP contribution in [0.1, 0.15) is 20.3 Å². The fourth-order valence-corrected chi connectivity index (χ4v) is 1.26. The minimum absolute atomic E-state index is 0.0301. The second kappa shape index (κ2) is 7.47. The van der Waals surface area contributed by atoms with Crippen molar-refractivity contribution < 1.29 is 22.4 Å². The van der Waals surface area contributed by atoms with E-state index in [4.69, 9.17) is 0 Å². The smallest absolute Gasteiger partial charge is 0.351 e. The number of nitrogens with zero attached hydrogens (tertiary/aromatic N) is 1. The zero-order valence-electron chi connectivity index (χ0n) is 9.98. The van der Waals surface area contributed by atoms with Crippen LogP contribution in [0.3, 0.4) is 0 Å². The predicted octanol–water partition coefficient (Wildman–Crippen LogP) is 1.73. The fourth-order valence-electron chi connectivity index (χ4n) is 1.26. The average molecular weight is 258 g/mol. The number of halogens is 4. The number of hydrogen-bond donors (Lipinski definition) is 1. The van der Waals surface area contributed by atoms with Gasteiger partial charge in [0, 0.05) is 6.54 Å². The van der Waals surface area contributed by atoms with E-state index in [1.54, 1.807) is 0 Å². The number of alkyl halides is 4. The van der Waals surface area contributed by atoms with E-state index in [0.29, 0.717) is 13.0 Å². The van der Waals surface area contributed by atoms with Gasteiger partial charge in [0.2, 0.25) is 0 Å². The summed E-state index contributed by atoms with van der Waals surface area (Å²) in [4.78, 5) is 12.8. The van der Waals surface area contributed by atoms with Crippen molar-refractivity contribution >= 4 is 5.91 Å². The van der Waals surface area contributed by atoms with Crippen LogP contribution in [0.15, 0.2) is 0 Å². The number of rotatable bonds is 8. The minimum atomic E-state index is -4.60. The molecule has 0 rings (SSSR count). The molecule has 0 aromatic heterocycles. The van der Waals surface area contributed by atoms with E-state index in [1.807, 2.05) is 24.1 Å². The molecule has 0 aromatic carbocycles. The van der Waals surface area contributed by atoms with Crippen LogP contribution in [-0.4, -0.2) is 49.3 Å². The Morgan fingerprint density at radius 2 is 1.82 bits per heavy atom. The van der Waals surface area contributed by atoms with Gasteiger partial charge in [-0.3, -0.25) is 4.79 Å². The quantitative estimate of drug-likeness (QED) is 0.531. The third kappa shape index (κ3) is 5.34. The third-order valence-corrected chi connectivity index (χ3v) is 2.41. The highest BCUT2D eigenvalue weighted by Crippen LogP contribution is 2.22. The Morgan fingerprint density at radius 3 is 2.24 bits per heavy atom. The molecular formula is C10H18F4N2O. The van der Waals surface area contributed by atoms with Crippen LogP contribution >= 0.6 is 0 Å². The molecule has 0 atom stereocenters. The van der Waals surface area contributed by atoms with E-state index < -0.39 is 18.3 Å². The molecule has 0 aromatic rings. The van der Waals surface area contributed by atoms with Crippen LogP contribution in [0.4, 0.5) is 17.6 Å². The van der Waals surface area contributed by atoms with Gasteiger partial charge < -0.3 is 10.2 Å². The first-order chi connectivity index (χ1) is 7.86. The molecule has 3 nitrogen and oxygen atoms in total. The number of carbonyl (C=O) groups is 1. The first-order valence-corrected chi connectivity index (χ1v) is 5.52. The SMILES string of the molecule is CCN(CC)CCCNC(=O)C(F)(F)C(F)F. The van der Waals surface area contributed by atoms with E-state index in [-0.39, 0.29) is 6.54 Å². The molecule has 0 saturated heterocycles. The van der Waals surface area contributed by atoms with Crippen LogP contribution in [0, 0.1) is 0 Å². The maximum Gasteiger partial charge on any atom is 0.383 e. The van der Waals surface area contributed by atoms with E-state index in [2.05, 4.69) is 0 Å². The van der Waals surface area contributed by atoms with E-state index in [0.717, 1.165) is 13.1 Å². The molecule has 0 bridgehead atoms. The second-order valence-corrected chi connectivity index (χ2v) is 3.56. The zero-order valence-corrected chi connectivity index (χ0v) is 9.98. The number of carbonyl (C=O) groups excluding carboxylic acids is 1. The average Bonchev–Trinajstić information content (AvgIpc) is 2.28. The summed E-state index contributed by atoms with van der Waals surface area (Å²) in [6, 6.07) is 0. The molecule has 0 spiro atoms. The van der Waals surface area contributed by atoms with Gasteiger partial charge in [-0.2, -0.15) is 8.78 Å². The Kier molecular flexibility index (Phi) is 7.10. The van der Waals surface area contributed by atoms with Crippen LogP contribution in [0.25, 0.3) is 0 Å². The first-order valence-electron chi connectivity index (χ1n) is 5.52. The topological polar surface area (TPSA) is 32.3 Å². The lowest BCUT2D eigenvalue weighted by molar-refractivity contribution is -0.169. The Balaban J connectivity index is 3.86. The molecule has 0 aliphatic heterocycles.